The Morgan fingerprint density at radius 3 is 3.11 bits per heavy atom. The van der Waals surface area contributed by atoms with Crippen LogP contribution in [0.4, 0.5) is 9.93 Å². The van der Waals surface area contributed by atoms with Gasteiger partial charge in [0.1, 0.15) is 0 Å². The summed E-state index contributed by atoms with van der Waals surface area (Å²) in [6.45, 7) is 0.657. The van der Waals surface area contributed by atoms with E-state index < -0.39 is 0 Å². The highest BCUT2D eigenvalue weighted by Gasteiger charge is 2.13. The third-order valence-corrected chi connectivity index (χ3v) is 3.23. The number of ether oxygens (including phenoxy) is 2. The molecular formula is C12H11N3O3S. The summed E-state index contributed by atoms with van der Waals surface area (Å²) in [5.41, 5.74) is 0.943. The number of anilines is 1. The van der Waals surface area contributed by atoms with Gasteiger partial charge in [-0.2, -0.15) is 0 Å². The number of carbonyl (C=O) groups excluding carboxylic acids is 1. The Morgan fingerprint density at radius 2 is 2.26 bits per heavy atom. The van der Waals surface area contributed by atoms with E-state index in [1.54, 1.807) is 11.6 Å². The molecule has 0 saturated carbocycles. The molecule has 0 fully saturated rings. The minimum absolute atomic E-state index is 0.247. The Kier molecular flexibility index (Phi) is 3.20. The molecule has 2 heterocycles. The Morgan fingerprint density at radius 1 is 1.37 bits per heavy atom. The van der Waals surface area contributed by atoms with Gasteiger partial charge in [0.15, 0.2) is 16.6 Å². The third kappa shape index (κ3) is 2.76. The van der Waals surface area contributed by atoms with E-state index in [2.05, 4.69) is 15.6 Å². The van der Waals surface area contributed by atoms with E-state index in [0.29, 0.717) is 17.4 Å². The first-order chi connectivity index (χ1) is 9.31. The van der Waals surface area contributed by atoms with E-state index in [1.165, 1.54) is 11.3 Å². The second-order valence-electron chi connectivity index (χ2n) is 3.83. The Labute approximate surface area is 113 Å². The molecule has 2 aromatic rings. The number of hydrogen-bond acceptors (Lipinski definition) is 5. The highest BCUT2D eigenvalue weighted by atomic mass is 32.1. The maximum absolute atomic E-state index is 11.6. The summed E-state index contributed by atoms with van der Waals surface area (Å²) in [7, 11) is 0. The van der Waals surface area contributed by atoms with Gasteiger partial charge in [0.2, 0.25) is 6.79 Å². The van der Waals surface area contributed by atoms with Crippen LogP contribution in [0.25, 0.3) is 0 Å². The molecule has 98 valence electrons. The number of aromatic nitrogens is 1. The van der Waals surface area contributed by atoms with Gasteiger partial charge in [0.05, 0.1) is 0 Å². The first-order valence-corrected chi connectivity index (χ1v) is 6.52. The number of benzene rings is 1. The highest BCUT2D eigenvalue weighted by molar-refractivity contribution is 7.13. The van der Waals surface area contributed by atoms with Crippen LogP contribution >= 0.6 is 11.3 Å². The van der Waals surface area contributed by atoms with Crippen molar-refractivity contribution in [1.82, 2.24) is 10.3 Å². The lowest BCUT2D eigenvalue weighted by molar-refractivity contribution is 0.174. The summed E-state index contributed by atoms with van der Waals surface area (Å²) in [5, 5.41) is 7.77. The summed E-state index contributed by atoms with van der Waals surface area (Å²) in [6, 6.07) is 5.29. The number of hydrogen-bond donors (Lipinski definition) is 2. The van der Waals surface area contributed by atoms with E-state index in [0.717, 1.165) is 11.3 Å². The van der Waals surface area contributed by atoms with Crippen LogP contribution in [0.1, 0.15) is 5.56 Å². The van der Waals surface area contributed by atoms with Crippen molar-refractivity contribution >= 4 is 22.5 Å². The number of rotatable bonds is 3. The van der Waals surface area contributed by atoms with Crippen LogP contribution in [0, 0.1) is 0 Å². The van der Waals surface area contributed by atoms with Gasteiger partial charge in [-0.1, -0.05) is 6.07 Å². The zero-order valence-electron chi connectivity index (χ0n) is 9.88. The van der Waals surface area contributed by atoms with Crippen LogP contribution in [0.15, 0.2) is 29.8 Å². The summed E-state index contributed by atoms with van der Waals surface area (Å²) < 4.78 is 10.5. The summed E-state index contributed by atoms with van der Waals surface area (Å²) in [5.74, 6) is 1.44. The van der Waals surface area contributed by atoms with Crippen molar-refractivity contribution in [3.63, 3.8) is 0 Å². The molecule has 2 amide bonds. The van der Waals surface area contributed by atoms with Crippen molar-refractivity contribution in [2.24, 2.45) is 0 Å². The van der Waals surface area contributed by atoms with E-state index in [-0.39, 0.29) is 12.8 Å². The fraction of sp³-hybridized carbons (Fsp3) is 0.167. The van der Waals surface area contributed by atoms with Crippen molar-refractivity contribution in [3.05, 3.63) is 35.3 Å². The molecule has 0 unspecified atom stereocenters. The zero-order chi connectivity index (χ0) is 13.1. The molecule has 3 rings (SSSR count). The lowest BCUT2D eigenvalue weighted by Crippen LogP contribution is -2.28. The standard InChI is InChI=1S/C12H11N3O3S/c16-11(15-12-13-3-4-19-12)14-6-8-1-2-9-10(5-8)18-7-17-9/h1-5H,6-7H2,(H2,13,14,15,16). The molecule has 7 heteroatoms. The molecule has 0 spiro atoms. The zero-order valence-corrected chi connectivity index (χ0v) is 10.7. The molecule has 1 aliphatic rings. The van der Waals surface area contributed by atoms with Gasteiger partial charge in [-0.25, -0.2) is 9.78 Å². The number of fused-ring (bicyclic) bond motifs is 1. The Hall–Kier alpha value is -2.28. The molecule has 1 aliphatic heterocycles. The Balaban J connectivity index is 1.56. The second-order valence-corrected chi connectivity index (χ2v) is 4.73. The number of nitrogens with zero attached hydrogens (tertiary/aromatic N) is 1. The smallest absolute Gasteiger partial charge is 0.321 e. The minimum Gasteiger partial charge on any atom is -0.454 e. The molecule has 0 aliphatic carbocycles. The van der Waals surface area contributed by atoms with Crippen molar-refractivity contribution in [2.45, 2.75) is 6.54 Å². The lowest BCUT2D eigenvalue weighted by atomic mass is 10.2. The Bertz CT molecular complexity index is 586. The van der Waals surface area contributed by atoms with E-state index >= 15 is 0 Å². The molecule has 0 saturated heterocycles. The average molecular weight is 277 g/mol. The SMILES string of the molecule is O=C(NCc1ccc2c(c1)OCO2)Nc1nccs1. The average Bonchev–Trinajstić information content (AvgIpc) is 3.06. The number of thiazole rings is 1. The first-order valence-electron chi connectivity index (χ1n) is 5.64. The normalized spacial score (nSPS) is 12.2. The van der Waals surface area contributed by atoms with Crippen LogP contribution in [0.5, 0.6) is 11.5 Å². The third-order valence-electron chi connectivity index (χ3n) is 2.54. The summed E-state index contributed by atoms with van der Waals surface area (Å²) in [4.78, 5) is 15.6. The van der Waals surface area contributed by atoms with Crippen LogP contribution in [0.3, 0.4) is 0 Å². The fourth-order valence-electron chi connectivity index (χ4n) is 1.66. The molecule has 1 aromatic carbocycles. The maximum atomic E-state index is 11.6. The van der Waals surface area contributed by atoms with Gasteiger partial charge in [-0.15, -0.1) is 11.3 Å². The largest absolute Gasteiger partial charge is 0.454 e. The maximum Gasteiger partial charge on any atom is 0.321 e. The molecule has 19 heavy (non-hydrogen) atoms. The van der Waals surface area contributed by atoms with Crippen molar-refractivity contribution < 1.29 is 14.3 Å². The number of nitrogens with one attached hydrogen (secondary N) is 2. The topological polar surface area (TPSA) is 72.5 Å². The molecule has 1 aromatic heterocycles. The number of amides is 2. The van der Waals surface area contributed by atoms with Crippen molar-refractivity contribution in [1.29, 1.82) is 0 Å². The van der Waals surface area contributed by atoms with E-state index in [4.69, 9.17) is 9.47 Å². The highest BCUT2D eigenvalue weighted by Crippen LogP contribution is 2.32. The molecule has 0 bridgehead atoms. The number of urea groups is 1. The molecular weight excluding hydrogens is 266 g/mol. The summed E-state index contributed by atoms with van der Waals surface area (Å²) >= 11 is 1.37. The summed E-state index contributed by atoms with van der Waals surface area (Å²) in [6.07, 6.45) is 1.64. The van der Waals surface area contributed by atoms with E-state index in [9.17, 15) is 4.79 Å². The first kappa shape index (κ1) is 11.8. The lowest BCUT2D eigenvalue weighted by Gasteiger charge is -2.06. The van der Waals surface area contributed by atoms with Crippen molar-refractivity contribution in [3.8, 4) is 11.5 Å². The quantitative estimate of drug-likeness (QED) is 0.902. The van der Waals surface area contributed by atoms with Crippen LogP contribution in [-0.4, -0.2) is 17.8 Å². The van der Waals surface area contributed by atoms with Crippen LogP contribution in [-0.2, 0) is 6.54 Å². The van der Waals surface area contributed by atoms with Gasteiger partial charge in [-0.05, 0) is 17.7 Å². The van der Waals surface area contributed by atoms with Crippen LogP contribution < -0.4 is 20.1 Å². The van der Waals surface area contributed by atoms with Crippen LogP contribution in [0.2, 0.25) is 0 Å². The monoisotopic (exact) mass is 277 g/mol. The molecule has 0 radical (unpaired) electrons. The predicted octanol–water partition coefficient (Wildman–Crippen LogP) is 2.19. The van der Waals surface area contributed by atoms with Gasteiger partial charge in [0, 0.05) is 18.1 Å². The van der Waals surface area contributed by atoms with Gasteiger partial charge >= 0.3 is 6.03 Å². The van der Waals surface area contributed by atoms with Gasteiger partial charge in [-0.3, -0.25) is 5.32 Å². The van der Waals surface area contributed by atoms with E-state index in [1.807, 2.05) is 18.2 Å². The minimum atomic E-state index is -0.285. The molecule has 6 nitrogen and oxygen atoms in total. The predicted molar refractivity (Wildman–Crippen MR) is 70.5 cm³/mol. The molecule has 0 atom stereocenters. The fourth-order valence-corrected chi connectivity index (χ4v) is 2.18. The second kappa shape index (κ2) is 5.15. The van der Waals surface area contributed by atoms with Gasteiger partial charge in [0.25, 0.3) is 0 Å². The van der Waals surface area contributed by atoms with Crippen molar-refractivity contribution in [2.75, 3.05) is 12.1 Å². The molecule has 2 N–H and O–H groups in total. The number of carbonyl (C=O) groups is 1. The van der Waals surface area contributed by atoms with Gasteiger partial charge < -0.3 is 14.8 Å².